The molecule has 0 fully saturated rings. The fraction of sp³-hybridized carbons (Fsp3) is 0.754. The van der Waals surface area contributed by atoms with Crippen LogP contribution in [0.2, 0.25) is 0 Å². The highest BCUT2D eigenvalue weighted by Gasteiger charge is 2.17. The third kappa shape index (κ3) is 57.7. The number of unbranched alkanes of at least 4 members (excludes halogenated alkanes) is 30. The van der Waals surface area contributed by atoms with Gasteiger partial charge in [0, 0.05) is 19.4 Å². The average Bonchev–Trinajstić information content (AvgIpc) is 3.36. The number of rotatable bonds is 55. The summed E-state index contributed by atoms with van der Waals surface area (Å²) in [6, 6.07) is 0. The molecule has 0 saturated heterocycles. The minimum atomic E-state index is -0.565. The Hall–Kier alpha value is -2.92. The van der Waals surface area contributed by atoms with Gasteiger partial charge in [-0.1, -0.05) is 247 Å². The molecule has 0 aromatic heterocycles. The molecular weight excluding hydrogens is 861 g/mol. The Kier molecular flexibility index (Phi) is 57.9. The molecule has 1 atom stereocenters. The zero-order valence-electron chi connectivity index (χ0n) is 46.5. The van der Waals surface area contributed by atoms with Crippen molar-refractivity contribution in [1.29, 1.82) is 0 Å². The second-order valence-corrected chi connectivity index (χ2v) is 19.9. The van der Waals surface area contributed by atoms with Crippen molar-refractivity contribution in [3.05, 3.63) is 85.1 Å². The van der Waals surface area contributed by atoms with Gasteiger partial charge in [0.05, 0.1) is 6.61 Å². The zero-order valence-corrected chi connectivity index (χ0v) is 46.5. The lowest BCUT2D eigenvalue weighted by Crippen LogP contribution is -2.30. The van der Waals surface area contributed by atoms with Crippen molar-refractivity contribution < 1.29 is 23.8 Å². The first-order valence-electron chi connectivity index (χ1n) is 30.1. The molecule has 0 aliphatic rings. The van der Waals surface area contributed by atoms with Crippen LogP contribution in [0.25, 0.3) is 0 Å². The van der Waals surface area contributed by atoms with Gasteiger partial charge >= 0.3 is 11.9 Å². The Morgan fingerprint density at radius 3 is 1.10 bits per heavy atom. The van der Waals surface area contributed by atoms with Gasteiger partial charge in [0.1, 0.15) is 6.61 Å². The molecule has 0 aromatic rings. The summed E-state index contributed by atoms with van der Waals surface area (Å²) in [5.74, 6) is -0.444. The molecule has 5 nitrogen and oxygen atoms in total. The van der Waals surface area contributed by atoms with Crippen LogP contribution in [0.4, 0.5) is 0 Å². The molecule has 0 heterocycles. The fourth-order valence-electron chi connectivity index (χ4n) is 8.41. The molecule has 0 aliphatic carbocycles. The van der Waals surface area contributed by atoms with E-state index in [4.69, 9.17) is 14.2 Å². The topological polar surface area (TPSA) is 61.8 Å². The second-order valence-electron chi connectivity index (χ2n) is 19.9. The van der Waals surface area contributed by atoms with E-state index in [0.717, 1.165) is 83.5 Å². The standard InChI is InChI=1S/C65H114O5/c1-4-7-10-13-16-19-22-25-28-30-32-34-36-39-42-45-48-51-54-57-60-68-61-63(70-65(67)59-56-53-50-47-44-41-37-27-24-21-18-15-12-9-6-3)62-69-64(66)58-55-52-49-46-43-40-38-35-33-31-29-26-23-20-17-14-11-8-5-2/h9,12,17-18,20-21,25-29,37,44,47,63H,4-8,10-11,13-16,19,22-24,30-36,38-43,45-46,48-62H2,1-3H3/b12-9-,20-17-,21-18-,28-25-,29-26-,37-27-,47-44-. The number of carbonyl (C=O) groups excluding carboxylic acids is 2. The maximum atomic E-state index is 12.9. The summed E-state index contributed by atoms with van der Waals surface area (Å²) >= 11 is 0. The quantitative estimate of drug-likeness (QED) is 0.0345. The van der Waals surface area contributed by atoms with Crippen LogP contribution in [0.3, 0.4) is 0 Å². The molecule has 70 heavy (non-hydrogen) atoms. The first-order chi connectivity index (χ1) is 34.6. The van der Waals surface area contributed by atoms with E-state index in [0.29, 0.717) is 19.4 Å². The molecule has 0 saturated carbocycles. The first kappa shape index (κ1) is 67.1. The van der Waals surface area contributed by atoms with Crippen LogP contribution in [-0.4, -0.2) is 37.9 Å². The van der Waals surface area contributed by atoms with Gasteiger partial charge in [-0.3, -0.25) is 9.59 Å². The summed E-state index contributed by atoms with van der Waals surface area (Å²) in [7, 11) is 0. The van der Waals surface area contributed by atoms with Crippen molar-refractivity contribution in [2.45, 2.75) is 297 Å². The normalized spacial score (nSPS) is 12.8. The van der Waals surface area contributed by atoms with E-state index < -0.39 is 6.10 Å². The Balaban J connectivity index is 4.30. The van der Waals surface area contributed by atoms with Gasteiger partial charge in [-0.15, -0.1) is 0 Å². The fourth-order valence-corrected chi connectivity index (χ4v) is 8.41. The van der Waals surface area contributed by atoms with Crippen molar-refractivity contribution in [2.24, 2.45) is 0 Å². The van der Waals surface area contributed by atoms with Gasteiger partial charge in [0.25, 0.3) is 0 Å². The maximum absolute atomic E-state index is 12.9. The summed E-state index contributed by atoms with van der Waals surface area (Å²) in [5, 5.41) is 0. The summed E-state index contributed by atoms with van der Waals surface area (Å²) in [4.78, 5) is 25.5. The third-order valence-corrected chi connectivity index (χ3v) is 12.9. The molecule has 1 unspecified atom stereocenters. The van der Waals surface area contributed by atoms with E-state index in [-0.39, 0.29) is 25.2 Å². The highest BCUT2D eigenvalue weighted by Crippen LogP contribution is 2.15. The van der Waals surface area contributed by atoms with Crippen molar-refractivity contribution in [2.75, 3.05) is 19.8 Å². The molecule has 0 bridgehead atoms. The molecule has 0 radical (unpaired) electrons. The second kappa shape index (κ2) is 60.4. The summed E-state index contributed by atoms with van der Waals surface area (Å²) < 4.78 is 17.5. The van der Waals surface area contributed by atoms with Gasteiger partial charge < -0.3 is 14.2 Å². The van der Waals surface area contributed by atoms with E-state index in [1.807, 2.05) is 0 Å². The number of carbonyl (C=O) groups is 2. The summed E-state index contributed by atoms with van der Waals surface area (Å²) in [6.45, 7) is 7.66. The van der Waals surface area contributed by atoms with Crippen LogP contribution in [0, 0.1) is 0 Å². The molecule has 0 aliphatic heterocycles. The van der Waals surface area contributed by atoms with Gasteiger partial charge in [-0.05, 0) is 116 Å². The molecule has 0 rings (SSSR count). The molecule has 0 amide bonds. The summed E-state index contributed by atoms with van der Waals surface area (Å²) in [5.41, 5.74) is 0. The maximum Gasteiger partial charge on any atom is 0.306 e. The van der Waals surface area contributed by atoms with E-state index in [1.165, 1.54) is 173 Å². The Morgan fingerprint density at radius 2 is 0.643 bits per heavy atom. The van der Waals surface area contributed by atoms with E-state index in [1.54, 1.807) is 0 Å². The lowest BCUT2D eigenvalue weighted by molar-refractivity contribution is -0.163. The van der Waals surface area contributed by atoms with E-state index >= 15 is 0 Å². The number of hydrogen-bond donors (Lipinski definition) is 0. The molecule has 0 spiro atoms. The number of allylic oxidation sites excluding steroid dienone is 14. The number of ether oxygens (including phenoxy) is 3. The van der Waals surface area contributed by atoms with Crippen LogP contribution in [0.15, 0.2) is 85.1 Å². The molecular formula is C65H114O5. The minimum Gasteiger partial charge on any atom is -0.462 e. The largest absolute Gasteiger partial charge is 0.462 e. The number of esters is 2. The first-order valence-corrected chi connectivity index (χ1v) is 30.1. The average molecular weight is 976 g/mol. The Morgan fingerprint density at radius 1 is 0.329 bits per heavy atom. The van der Waals surface area contributed by atoms with Gasteiger partial charge in [0.2, 0.25) is 0 Å². The smallest absolute Gasteiger partial charge is 0.306 e. The van der Waals surface area contributed by atoms with Gasteiger partial charge in [-0.25, -0.2) is 0 Å². The SMILES string of the molecule is CC/C=C\C/C=C\C/C=C\C/C=C\CCCCC(=O)OC(COCCCCCCCCCCCC/C=C\CCCCCCCC)COC(=O)CCCCCCCCCCC/C=C\C/C=C\CCCCC. The monoisotopic (exact) mass is 975 g/mol. The zero-order chi connectivity index (χ0) is 50.6. The van der Waals surface area contributed by atoms with Crippen LogP contribution >= 0.6 is 0 Å². The Bertz CT molecular complexity index is 1290. The minimum absolute atomic E-state index is 0.0639. The molecule has 0 N–H and O–H groups in total. The molecule has 5 heteroatoms. The van der Waals surface area contributed by atoms with Gasteiger partial charge in [-0.2, -0.15) is 0 Å². The van der Waals surface area contributed by atoms with E-state index in [9.17, 15) is 9.59 Å². The summed E-state index contributed by atoms with van der Waals surface area (Å²) in [6.07, 6.45) is 80.4. The number of hydrogen-bond acceptors (Lipinski definition) is 5. The molecule has 0 aromatic carbocycles. The highest BCUT2D eigenvalue weighted by atomic mass is 16.6. The third-order valence-electron chi connectivity index (χ3n) is 12.9. The Labute approximate surface area is 435 Å². The van der Waals surface area contributed by atoms with Crippen molar-refractivity contribution >= 4 is 11.9 Å². The highest BCUT2D eigenvalue weighted by molar-refractivity contribution is 5.70. The van der Waals surface area contributed by atoms with Gasteiger partial charge in [0.15, 0.2) is 6.10 Å². The lowest BCUT2D eigenvalue weighted by atomic mass is 10.1. The van der Waals surface area contributed by atoms with Crippen molar-refractivity contribution in [3.8, 4) is 0 Å². The van der Waals surface area contributed by atoms with Crippen LogP contribution in [0.5, 0.6) is 0 Å². The predicted octanol–water partition coefficient (Wildman–Crippen LogP) is 20.8. The van der Waals surface area contributed by atoms with Crippen molar-refractivity contribution in [1.82, 2.24) is 0 Å². The predicted molar refractivity (Wildman–Crippen MR) is 307 cm³/mol. The van der Waals surface area contributed by atoms with Crippen molar-refractivity contribution in [3.63, 3.8) is 0 Å². The molecule has 404 valence electrons. The van der Waals surface area contributed by atoms with Crippen LogP contribution in [0.1, 0.15) is 290 Å². The lowest BCUT2D eigenvalue weighted by Gasteiger charge is -2.18. The van der Waals surface area contributed by atoms with Crippen LogP contribution < -0.4 is 0 Å². The van der Waals surface area contributed by atoms with E-state index in [2.05, 4.69) is 106 Å². The van der Waals surface area contributed by atoms with Crippen LogP contribution in [-0.2, 0) is 23.8 Å².